The molecule has 0 aliphatic heterocycles. The standard InChI is InChI=1S/C16H32N4/c1-6-11-18-15(17-7-2)19-13-16(20(4)5)10-8-9-14(3)12-16/h6,14H,1,7-13H2,2-5H3,(H2,17,18,19). The van der Waals surface area contributed by atoms with Crippen molar-refractivity contribution in [2.75, 3.05) is 33.7 Å². The van der Waals surface area contributed by atoms with E-state index in [0.717, 1.165) is 31.5 Å². The Morgan fingerprint density at radius 3 is 2.75 bits per heavy atom. The molecule has 0 aromatic carbocycles. The van der Waals surface area contributed by atoms with E-state index in [0.29, 0.717) is 0 Å². The predicted molar refractivity (Wildman–Crippen MR) is 88.2 cm³/mol. The Kier molecular flexibility index (Phi) is 7.06. The fourth-order valence-electron chi connectivity index (χ4n) is 3.06. The molecule has 1 aliphatic carbocycles. The second-order valence-electron chi connectivity index (χ2n) is 6.19. The van der Waals surface area contributed by atoms with Gasteiger partial charge in [-0.2, -0.15) is 0 Å². The first kappa shape index (κ1) is 17.0. The summed E-state index contributed by atoms with van der Waals surface area (Å²) in [5.41, 5.74) is 0.216. The van der Waals surface area contributed by atoms with Gasteiger partial charge in [-0.15, -0.1) is 6.58 Å². The van der Waals surface area contributed by atoms with Crippen molar-refractivity contribution in [3.8, 4) is 0 Å². The molecule has 116 valence electrons. The first-order chi connectivity index (χ1) is 9.54. The van der Waals surface area contributed by atoms with Gasteiger partial charge < -0.3 is 15.5 Å². The average molecular weight is 280 g/mol. The van der Waals surface area contributed by atoms with Crippen LogP contribution in [-0.2, 0) is 0 Å². The highest BCUT2D eigenvalue weighted by atomic mass is 15.2. The van der Waals surface area contributed by atoms with Crippen molar-refractivity contribution in [1.29, 1.82) is 0 Å². The molecular formula is C16H32N4. The van der Waals surface area contributed by atoms with Crippen LogP contribution in [0, 0.1) is 5.92 Å². The average Bonchev–Trinajstić information content (AvgIpc) is 2.42. The largest absolute Gasteiger partial charge is 0.357 e. The molecule has 0 spiro atoms. The molecule has 1 fully saturated rings. The SMILES string of the molecule is C=CCNC(=NCC1(N(C)C)CCCC(C)C1)NCC. The van der Waals surface area contributed by atoms with Crippen LogP contribution in [0.4, 0.5) is 0 Å². The summed E-state index contributed by atoms with van der Waals surface area (Å²) >= 11 is 0. The molecule has 2 unspecified atom stereocenters. The van der Waals surface area contributed by atoms with Crippen molar-refractivity contribution in [2.24, 2.45) is 10.9 Å². The number of likely N-dealkylation sites (N-methyl/N-ethyl adjacent to an activating group) is 1. The highest BCUT2D eigenvalue weighted by Gasteiger charge is 2.36. The van der Waals surface area contributed by atoms with Gasteiger partial charge in [0.2, 0.25) is 0 Å². The van der Waals surface area contributed by atoms with Gasteiger partial charge in [0.15, 0.2) is 5.96 Å². The topological polar surface area (TPSA) is 39.7 Å². The number of guanidine groups is 1. The van der Waals surface area contributed by atoms with Crippen LogP contribution in [0.1, 0.15) is 39.5 Å². The smallest absolute Gasteiger partial charge is 0.191 e. The van der Waals surface area contributed by atoms with Crippen LogP contribution < -0.4 is 10.6 Å². The molecule has 20 heavy (non-hydrogen) atoms. The number of nitrogens with zero attached hydrogens (tertiary/aromatic N) is 2. The Morgan fingerprint density at radius 2 is 2.20 bits per heavy atom. The summed E-state index contributed by atoms with van der Waals surface area (Å²) in [6.45, 7) is 10.7. The molecule has 1 rings (SSSR count). The van der Waals surface area contributed by atoms with Gasteiger partial charge in [0.1, 0.15) is 0 Å². The maximum absolute atomic E-state index is 4.81. The van der Waals surface area contributed by atoms with Crippen molar-refractivity contribution in [1.82, 2.24) is 15.5 Å². The normalized spacial score (nSPS) is 27.4. The van der Waals surface area contributed by atoms with E-state index < -0.39 is 0 Å². The zero-order valence-corrected chi connectivity index (χ0v) is 13.7. The van der Waals surface area contributed by atoms with Crippen LogP contribution in [0.3, 0.4) is 0 Å². The van der Waals surface area contributed by atoms with E-state index in [4.69, 9.17) is 4.99 Å². The molecule has 4 nitrogen and oxygen atoms in total. The van der Waals surface area contributed by atoms with Crippen LogP contribution in [0.15, 0.2) is 17.6 Å². The Labute approximate surface area is 124 Å². The van der Waals surface area contributed by atoms with Gasteiger partial charge in [-0.3, -0.25) is 4.99 Å². The minimum absolute atomic E-state index is 0.216. The number of hydrogen-bond acceptors (Lipinski definition) is 2. The fourth-order valence-corrected chi connectivity index (χ4v) is 3.06. The van der Waals surface area contributed by atoms with Crippen LogP contribution in [0.5, 0.6) is 0 Å². The van der Waals surface area contributed by atoms with E-state index in [1.165, 1.54) is 25.7 Å². The molecule has 2 atom stereocenters. The van der Waals surface area contributed by atoms with E-state index in [1.54, 1.807) is 0 Å². The molecule has 0 saturated heterocycles. The molecule has 0 bridgehead atoms. The first-order valence-corrected chi connectivity index (χ1v) is 7.84. The summed E-state index contributed by atoms with van der Waals surface area (Å²) in [4.78, 5) is 7.19. The maximum Gasteiger partial charge on any atom is 0.191 e. The van der Waals surface area contributed by atoms with E-state index in [1.807, 2.05) is 6.08 Å². The predicted octanol–water partition coefficient (Wildman–Crippen LogP) is 2.24. The molecule has 0 aromatic rings. The molecule has 0 amide bonds. The third-order valence-electron chi connectivity index (χ3n) is 4.31. The van der Waals surface area contributed by atoms with Crippen LogP contribution >= 0.6 is 0 Å². The Bertz CT molecular complexity index is 324. The van der Waals surface area contributed by atoms with E-state index in [2.05, 4.69) is 50.1 Å². The molecule has 1 saturated carbocycles. The van der Waals surface area contributed by atoms with Crippen molar-refractivity contribution in [3.63, 3.8) is 0 Å². The van der Waals surface area contributed by atoms with Crippen molar-refractivity contribution < 1.29 is 0 Å². The molecular weight excluding hydrogens is 248 g/mol. The van der Waals surface area contributed by atoms with Crippen molar-refractivity contribution in [3.05, 3.63) is 12.7 Å². The lowest BCUT2D eigenvalue weighted by Crippen LogP contribution is -2.51. The Hall–Kier alpha value is -1.03. The van der Waals surface area contributed by atoms with Gasteiger partial charge in [-0.05, 0) is 39.8 Å². The molecule has 0 radical (unpaired) electrons. The van der Waals surface area contributed by atoms with E-state index in [9.17, 15) is 0 Å². The van der Waals surface area contributed by atoms with E-state index >= 15 is 0 Å². The molecule has 2 N–H and O–H groups in total. The van der Waals surface area contributed by atoms with Crippen LogP contribution in [0.25, 0.3) is 0 Å². The van der Waals surface area contributed by atoms with Crippen LogP contribution in [-0.4, -0.2) is 50.1 Å². The minimum atomic E-state index is 0.216. The Morgan fingerprint density at radius 1 is 1.45 bits per heavy atom. The lowest BCUT2D eigenvalue weighted by atomic mass is 9.75. The second kappa shape index (κ2) is 8.30. The number of rotatable bonds is 6. The highest BCUT2D eigenvalue weighted by Crippen LogP contribution is 2.35. The number of hydrogen-bond donors (Lipinski definition) is 2. The van der Waals surface area contributed by atoms with Gasteiger partial charge in [0, 0.05) is 18.6 Å². The molecule has 0 aromatic heterocycles. The minimum Gasteiger partial charge on any atom is -0.357 e. The number of aliphatic imine (C=N–C) groups is 1. The first-order valence-electron chi connectivity index (χ1n) is 7.84. The van der Waals surface area contributed by atoms with Crippen molar-refractivity contribution in [2.45, 2.75) is 45.1 Å². The summed E-state index contributed by atoms with van der Waals surface area (Å²) < 4.78 is 0. The van der Waals surface area contributed by atoms with Gasteiger partial charge in [0.05, 0.1) is 6.54 Å². The van der Waals surface area contributed by atoms with Gasteiger partial charge in [-0.25, -0.2) is 0 Å². The fraction of sp³-hybridized carbons (Fsp3) is 0.812. The summed E-state index contributed by atoms with van der Waals surface area (Å²) in [6.07, 6.45) is 7.01. The summed E-state index contributed by atoms with van der Waals surface area (Å²) in [5, 5.41) is 6.58. The van der Waals surface area contributed by atoms with Gasteiger partial charge >= 0.3 is 0 Å². The van der Waals surface area contributed by atoms with Gasteiger partial charge in [-0.1, -0.05) is 25.8 Å². The highest BCUT2D eigenvalue weighted by molar-refractivity contribution is 5.79. The van der Waals surface area contributed by atoms with Crippen LogP contribution in [0.2, 0.25) is 0 Å². The molecule has 4 heteroatoms. The van der Waals surface area contributed by atoms with E-state index in [-0.39, 0.29) is 5.54 Å². The second-order valence-corrected chi connectivity index (χ2v) is 6.19. The third kappa shape index (κ3) is 4.82. The summed E-state index contributed by atoms with van der Waals surface area (Å²) in [6, 6.07) is 0. The summed E-state index contributed by atoms with van der Waals surface area (Å²) in [7, 11) is 4.38. The zero-order valence-electron chi connectivity index (χ0n) is 13.7. The number of nitrogens with one attached hydrogen (secondary N) is 2. The molecule has 0 heterocycles. The zero-order chi connectivity index (χ0) is 15.0. The quantitative estimate of drug-likeness (QED) is 0.445. The van der Waals surface area contributed by atoms with Crippen molar-refractivity contribution >= 4 is 5.96 Å². The lowest BCUT2D eigenvalue weighted by Gasteiger charge is -2.44. The lowest BCUT2D eigenvalue weighted by molar-refractivity contribution is 0.0845. The maximum atomic E-state index is 4.81. The molecule has 1 aliphatic rings. The summed E-state index contributed by atoms with van der Waals surface area (Å²) in [5.74, 6) is 1.69. The monoisotopic (exact) mass is 280 g/mol. The Balaban J connectivity index is 2.74. The third-order valence-corrected chi connectivity index (χ3v) is 4.31. The van der Waals surface area contributed by atoms with Gasteiger partial charge in [0.25, 0.3) is 0 Å².